The first kappa shape index (κ1) is 7.87. The highest BCUT2D eigenvalue weighted by atomic mass is 79.9. The van der Waals surface area contributed by atoms with E-state index in [4.69, 9.17) is 0 Å². The van der Waals surface area contributed by atoms with Crippen LogP contribution in [0.2, 0.25) is 0 Å². The summed E-state index contributed by atoms with van der Waals surface area (Å²) in [6.07, 6.45) is 0. The number of rotatable bonds is 0. The Balaban J connectivity index is 2.88. The molecule has 1 N–H and O–H groups in total. The molecule has 0 amide bonds. The molecule has 2 heteroatoms. The Kier molecular flexibility index (Phi) is 1.72. The Morgan fingerprint density at radius 3 is 2.67 bits per heavy atom. The lowest BCUT2D eigenvalue weighted by Gasteiger charge is -1.96. The number of nitrogens with one attached hydrogen (secondary N) is 1. The minimum absolute atomic E-state index is 1.13. The Morgan fingerprint density at radius 1 is 1.17 bits per heavy atom. The highest BCUT2D eigenvalue weighted by Gasteiger charge is 2.01. The maximum Gasteiger partial charge on any atom is 0.0470 e. The number of hydrogen-bond acceptors (Lipinski definition) is 0. The molecular formula is C10H10BrN. The third kappa shape index (κ3) is 1.16. The lowest BCUT2D eigenvalue weighted by molar-refractivity contribution is 1.30. The molecule has 0 atom stereocenters. The van der Waals surface area contributed by atoms with Gasteiger partial charge in [0, 0.05) is 21.1 Å². The fraction of sp³-hybridized carbons (Fsp3) is 0.200. The summed E-state index contributed by atoms with van der Waals surface area (Å²) in [5.74, 6) is 0. The van der Waals surface area contributed by atoms with Gasteiger partial charge in [-0.3, -0.25) is 0 Å². The molecule has 0 fully saturated rings. The fourth-order valence-corrected chi connectivity index (χ4v) is 2.09. The standard InChI is InChI=1S/C10H10BrN/c1-6-3-8(11)5-10-9(6)4-7(2)12-10/h3-5,12H,1-2H3. The first-order valence-corrected chi connectivity index (χ1v) is 4.71. The van der Waals surface area contributed by atoms with E-state index < -0.39 is 0 Å². The Labute approximate surface area is 79.9 Å². The van der Waals surface area contributed by atoms with Crippen molar-refractivity contribution in [2.45, 2.75) is 13.8 Å². The van der Waals surface area contributed by atoms with Gasteiger partial charge in [0.2, 0.25) is 0 Å². The van der Waals surface area contributed by atoms with E-state index in [9.17, 15) is 0 Å². The van der Waals surface area contributed by atoms with Gasteiger partial charge in [-0.2, -0.15) is 0 Å². The van der Waals surface area contributed by atoms with E-state index in [1.165, 1.54) is 22.2 Å². The van der Waals surface area contributed by atoms with Gasteiger partial charge in [-0.25, -0.2) is 0 Å². The molecule has 0 saturated carbocycles. The van der Waals surface area contributed by atoms with Crippen LogP contribution in [0.15, 0.2) is 22.7 Å². The highest BCUT2D eigenvalue weighted by molar-refractivity contribution is 9.10. The molecule has 0 saturated heterocycles. The van der Waals surface area contributed by atoms with Crippen LogP contribution in [0.1, 0.15) is 11.3 Å². The van der Waals surface area contributed by atoms with E-state index in [0.717, 1.165) is 4.47 Å². The average molecular weight is 224 g/mol. The smallest absolute Gasteiger partial charge is 0.0470 e. The lowest BCUT2D eigenvalue weighted by atomic mass is 10.1. The molecular weight excluding hydrogens is 214 g/mol. The van der Waals surface area contributed by atoms with E-state index >= 15 is 0 Å². The molecule has 0 spiro atoms. The van der Waals surface area contributed by atoms with E-state index in [2.05, 4.69) is 53.0 Å². The van der Waals surface area contributed by atoms with E-state index in [-0.39, 0.29) is 0 Å². The van der Waals surface area contributed by atoms with Crippen molar-refractivity contribution in [1.29, 1.82) is 0 Å². The molecule has 1 aromatic carbocycles. The molecule has 2 rings (SSSR count). The zero-order valence-corrected chi connectivity index (χ0v) is 8.70. The second kappa shape index (κ2) is 2.63. The molecule has 0 radical (unpaired) electrons. The van der Waals surface area contributed by atoms with Crippen molar-refractivity contribution in [3.05, 3.63) is 33.9 Å². The molecule has 1 nitrogen and oxygen atoms in total. The van der Waals surface area contributed by atoms with Crippen LogP contribution in [0.3, 0.4) is 0 Å². The van der Waals surface area contributed by atoms with Crippen LogP contribution in [0.5, 0.6) is 0 Å². The van der Waals surface area contributed by atoms with Crippen molar-refractivity contribution in [2.24, 2.45) is 0 Å². The summed E-state index contributed by atoms with van der Waals surface area (Å²) in [6, 6.07) is 6.42. The van der Waals surface area contributed by atoms with E-state index in [0.29, 0.717) is 0 Å². The van der Waals surface area contributed by atoms with Crippen LogP contribution in [-0.4, -0.2) is 4.98 Å². The monoisotopic (exact) mass is 223 g/mol. The van der Waals surface area contributed by atoms with E-state index in [1.807, 2.05) is 0 Å². The molecule has 2 aromatic rings. The molecule has 0 unspecified atom stereocenters. The van der Waals surface area contributed by atoms with Crippen molar-refractivity contribution in [2.75, 3.05) is 0 Å². The molecule has 1 aromatic heterocycles. The minimum Gasteiger partial charge on any atom is -0.359 e. The van der Waals surface area contributed by atoms with Crippen LogP contribution < -0.4 is 0 Å². The summed E-state index contributed by atoms with van der Waals surface area (Å²) in [4.78, 5) is 3.31. The normalized spacial score (nSPS) is 10.9. The summed E-state index contributed by atoms with van der Waals surface area (Å²) in [6.45, 7) is 4.20. The second-order valence-electron chi connectivity index (χ2n) is 3.14. The summed E-state index contributed by atoms with van der Waals surface area (Å²) >= 11 is 3.47. The highest BCUT2D eigenvalue weighted by Crippen LogP contribution is 2.23. The zero-order chi connectivity index (χ0) is 8.72. The molecule has 0 aliphatic carbocycles. The largest absolute Gasteiger partial charge is 0.359 e. The number of benzene rings is 1. The third-order valence-corrected chi connectivity index (χ3v) is 2.50. The van der Waals surface area contributed by atoms with Crippen LogP contribution >= 0.6 is 15.9 Å². The summed E-state index contributed by atoms with van der Waals surface area (Å²) in [7, 11) is 0. The van der Waals surface area contributed by atoms with Gasteiger partial charge in [-0.1, -0.05) is 15.9 Å². The Bertz CT molecular complexity index is 429. The number of H-pyrrole nitrogens is 1. The summed E-state index contributed by atoms with van der Waals surface area (Å²) in [5.41, 5.74) is 3.73. The number of aromatic amines is 1. The predicted octanol–water partition coefficient (Wildman–Crippen LogP) is 3.55. The maximum absolute atomic E-state index is 3.47. The minimum atomic E-state index is 1.13. The Hall–Kier alpha value is -0.760. The van der Waals surface area contributed by atoms with Crippen LogP contribution in [0.25, 0.3) is 10.9 Å². The first-order valence-electron chi connectivity index (χ1n) is 3.92. The molecule has 0 aliphatic rings. The topological polar surface area (TPSA) is 15.8 Å². The van der Waals surface area contributed by atoms with Gasteiger partial charge in [0.05, 0.1) is 0 Å². The number of hydrogen-bond donors (Lipinski definition) is 1. The molecule has 0 aliphatic heterocycles. The lowest BCUT2D eigenvalue weighted by Crippen LogP contribution is -1.74. The van der Waals surface area contributed by atoms with Crippen molar-refractivity contribution in [3.63, 3.8) is 0 Å². The average Bonchev–Trinajstić information content (AvgIpc) is 2.29. The quantitative estimate of drug-likeness (QED) is 0.704. The van der Waals surface area contributed by atoms with Gasteiger partial charge in [0.25, 0.3) is 0 Å². The van der Waals surface area contributed by atoms with E-state index in [1.54, 1.807) is 0 Å². The number of aryl methyl sites for hydroxylation is 2. The SMILES string of the molecule is Cc1cc2c(C)cc(Br)cc2[nH]1. The van der Waals surface area contributed by atoms with Gasteiger partial charge in [-0.15, -0.1) is 0 Å². The van der Waals surface area contributed by atoms with Crippen molar-refractivity contribution >= 4 is 26.8 Å². The third-order valence-electron chi connectivity index (χ3n) is 2.04. The predicted molar refractivity (Wildman–Crippen MR) is 55.5 cm³/mol. The van der Waals surface area contributed by atoms with Crippen molar-refractivity contribution in [3.8, 4) is 0 Å². The van der Waals surface area contributed by atoms with Crippen LogP contribution in [0, 0.1) is 13.8 Å². The van der Waals surface area contributed by atoms with Gasteiger partial charge >= 0.3 is 0 Å². The van der Waals surface area contributed by atoms with Gasteiger partial charge in [0.1, 0.15) is 0 Å². The van der Waals surface area contributed by atoms with Gasteiger partial charge in [-0.05, 0) is 37.6 Å². The van der Waals surface area contributed by atoms with Crippen molar-refractivity contribution in [1.82, 2.24) is 4.98 Å². The fourth-order valence-electron chi connectivity index (χ4n) is 1.51. The van der Waals surface area contributed by atoms with Gasteiger partial charge in [0.15, 0.2) is 0 Å². The summed E-state index contributed by atoms with van der Waals surface area (Å²) < 4.78 is 1.13. The molecule has 62 valence electrons. The number of halogens is 1. The van der Waals surface area contributed by atoms with Gasteiger partial charge < -0.3 is 4.98 Å². The molecule has 12 heavy (non-hydrogen) atoms. The summed E-state index contributed by atoms with van der Waals surface area (Å²) in [5, 5.41) is 1.32. The molecule has 0 bridgehead atoms. The van der Waals surface area contributed by atoms with Crippen molar-refractivity contribution < 1.29 is 0 Å². The van der Waals surface area contributed by atoms with Crippen LogP contribution in [-0.2, 0) is 0 Å². The number of aromatic nitrogens is 1. The first-order chi connectivity index (χ1) is 5.66. The second-order valence-corrected chi connectivity index (χ2v) is 4.05. The Morgan fingerprint density at radius 2 is 1.92 bits per heavy atom. The number of fused-ring (bicyclic) bond motifs is 1. The zero-order valence-electron chi connectivity index (χ0n) is 7.11. The molecule has 1 heterocycles. The maximum atomic E-state index is 3.47. The van der Waals surface area contributed by atoms with Crippen LogP contribution in [0.4, 0.5) is 0 Å².